The molecule has 0 radical (unpaired) electrons. The van der Waals surface area contributed by atoms with E-state index < -0.39 is 0 Å². The molecule has 0 atom stereocenters. The van der Waals surface area contributed by atoms with Crippen LogP contribution in [0.5, 0.6) is 0 Å². The molecule has 0 aromatic carbocycles. The van der Waals surface area contributed by atoms with Crippen LogP contribution in [0.1, 0.15) is 25.5 Å². The Bertz CT molecular complexity index is 964. The van der Waals surface area contributed by atoms with Crippen molar-refractivity contribution in [3.63, 3.8) is 0 Å². The van der Waals surface area contributed by atoms with Crippen LogP contribution in [0.4, 0.5) is 16.0 Å². The van der Waals surface area contributed by atoms with Gasteiger partial charge >= 0.3 is 0 Å². The monoisotopic (exact) mass is 384 g/mol. The van der Waals surface area contributed by atoms with Crippen molar-refractivity contribution in [2.75, 3.05) is 36.5 Å². The van der Waals surface area contributed by atoms with Gasteiger partial charge in [0.15, 0.2) is 28.6 Å². The van der Waals surface area contributed by atoms with Crippen molar-refractivity contribution in [1.29, 1.82) is 0 Å². The van der Waals surface area contributed by atoms with E-state index in [1.807, 2.05) is 30.5 Å². The number of hydrogen-bond donors (Lipinski definition) is 0. The summed E-state index contributed by atoms with van der Waals surface area (Å²) in [7, 11) is 3.84. The number of fused-ring (bicyclic) bond motifs is 1. The van der Waals surface area contributed by atoms with Crippen LogP contribution in [0.25, 0.3) is 11.2 Å². The maximum absolute atomic E-state index is 14.5. The summed E-state index contributed by atoms with van der Waals surface area (Å²) in [4.78, 5) is 25.6. The molecule has 28 heavy (non-hydrogen) atoms. The highest BCUT2D eigenvalue weighted by Crippen LogP contribution is 2.27. The molecule has 0 saturated carbocycles. The Morgan fingerprint density at radius 3 is 2.61 bits per heavy atom. The number of rotatable bonds is 5. The van der Waals surface area contributed by atoms with Crippen LogP contribution in [-0.2, 0) is 13.5 Å². The number of imidazole rings is 1. The lowest BCUT2D eigenvalue weighted by Gasteiger charge is -2.34. The average Bonchev–Trinajstić information content (AvgIpc) is 3.10. The van der Waals surface area contributed by atoms with Crippen LogP contribution in [0.15, 0.2) is 19.0 Å². The first-order valence-electron chi connectivity index (χ1n) is 9.66. The fourth-order valence-electron chi connectivity index (χ4n) is 3.87. The van der Waals surface area contributed by atoms with Crippen LogP contribution in [0.2, 0.25) is 0 Å². The Morgan fingerprint density at radius 1 is 1.11 bits per heavy atom. The van der Waals surface area contributed by atoms with E-state index in [2.05, 4.69) is 29.8 Å². The van der Waals surface area contributed by atoms with E-state index in [1.54, 1.807) is 12.7 Å². The third kappa shape index (κ3) is 3.36. The summed E-state index contributed by atoms with van der Waals surface area (Å²) < 4.78 is 16.4. The Morgan fingerprint density at radius 2 is 1.86 bits per heavy atom. The molecule has 4 heterocycles. The number of nitrogens with zero attached hydrogens (tertiary/aromatic N) is 8. The van der Waals surface area contributed by atoms with Gasteiger partial charge in [-0.3, -0.25) is 0 Å². The minimum absolute atomic E-state index is 0.302. The number of aromatic nitrogens is 6. The van der Waals surface area contributed by atoms with E-state index in [9.17, 15) is 4.39 Å². The summed E-state index contributed by atoms with van der Waals surface area (Å²) in [5, 5.41) is 0. The predicted molar refractivity (Wildman–Crippen MR) is 106 cm³/mol. The minimum Gasteiger partial charge on any atom is -0.357 e. The highest BCUT2D eigenvalue weighted by atomic mass is 19.1. The molecule has 1 saturated heterocycles. The van der Waals surface area contributed by atoms with Crippen molar-refractivity contribution in [2.24, 2.45) is 13.0 Å². The van der Waals surface area contributed by atoms with E-state index in [4.69, 9.17) is 0 Å². The lowest BCUT2D eigenvalue weighted by Crippen LogP contribution is -2.38. The van der Waals surface area contributed by atoms with Gasteiger partial charge in [-0.15, -0.1) is 0 Å². The van der Waals surface area contributed by atoms with Crippen molar-refractivity contribution < 1.29 is 4.39 Å². The summed E-state index contributed by atoms with van der Waals surface area (Å²) in [6.45, 7) is 4.46. The fraction of sp³-hybridized carbons (Fsp3) is 0.526. The number of piperidine rings is 1. The molecule has 1 aliphatic heterocycles. The van der Waals surface area contributed by atoms with Gasteiger partial charge in [0, 0.05) is 33.7 Å². The maximum atomic E-state index is 14.5. The first-order valence-corrected chi connectivity index (χ1v) is 9.66. The molecule has 0 spiro atoms. The Balaban J connectivity index is 1.42. The Labute approximate surface area is 163 Å². The van der Waals surface area contributed by atoms with Crippen LogP contribution < -0.4 is 9.80 Å². The van der Waals surface area contributed by atoms with E-state index in [-0.39, 0.29) is 5.82 Å². The van der Waals surface area contributed by atoms with Crippen molar-refractivity contribution >= 4 is 22.8 Å². The molecule has 8 nitrogen and oxygen atoms in total. The summed E-state index contributed by atoms with van der Waals surface area (Å²) in [6, 6.07) is 0. The number of halogens is 1. The average molecular weight is 384 g/mol. The molecule has 0 aliphatic carbocycles. The highest BCUT2D eigenvalue weighted by molar-refractivity contribution is 5.83. The standard InChI is InChI=1S/C19H25FN8/c1-4-14-15(20)17(22-10-21-14)26(2)9-13-5-7-28(8-6-13)19-16-18(23-11-24-19)27(3)12-25-16/h10-13H,4-9H2,1-3H3. The molecule has 148 valence electrons. The Hall–Kier alpha value is -2.84. The number of aryl methyl sites for hydroxylation is 2. The van der Waals surface area contributed by atoms with Gasteiger partial charge < -0.3 is 14.4 Å². The third-order valence-electron chi connectivity index (χ3n) is 5.46. The molecule has 0 N–H and O–H groups in total. The molecule has 1 aliphatic rings. The molecule has 9 heteroatoms. The lowest BCUT2D eigenvalue weighted by atomic mass is 9.96. The second kappa shape index (κ2) is 7.65. The summed E-state index contributed by atoms with van der Waals surface area (Å²) in [6.07, 6.45) is 7.40. The molecule has 0 unspecified atom stereocenters. The third-order valence-corrected chi connectivity index (χ3v) is 5.46. The van der Waals surface area contributed by atoms with Crippen LogP contribution in [-0.4, -0.2) is 56.2 Å². The molecular weight excluding hydrogens is 359 g/mol. The maximum Gasteiger partial charge on any atom is 0.187 e. The van der Waals surface area contributed by atoms with Crippen molar-refractivity contribution in [3.8, 4) is 0 Å². The van der Waals surface area contributed by atoms with Crippen LogP contribution in [0.3, 0.4) is 0 Å². The first-order chi connectivity index (χ1) is 13.6. The highest BCUT2D eigenvalue weighted by Gasteiger charge is 2.25. The molecule has 1 fully saturated rings. The lowest BCUT2D eigenvalue weighted by molar-refractivity contribution is 0.405. The second-order valence-electron chi connectivity index (χ2n) is 7.35. The molecule has 0 amide bonds. The largest absolute Gasteiger partial charge is 0.357 e. The first kappa shape index (κ1) is 18.5. The minimum atomic E-state index is -0.302. The normalized spacial score (nSPS) is 15.4. The quantitative estimate of drug-likeness (QED) is 0.667. The summed E-state index contributed by atoms with van der Waals surface area (Å²) in [5.74, 6) is 1.46. The molecule has 4 rings (SSSR count). The van der Waals surface area contributed by atoms with E-state index >= 15 is 0 Å². The van der Waals surface area contributed by atoms with Gasteiger partial charge in [-0.2, -0.15) is 0 Å². The number of anilines is 2. The fourth-order valence-corrected chi connectivity index (χ4v) is 3.87. The van der Waals surface area contributed by atoms with Gasteiger partial charge in [0.05, 0.1) is 12.0 Å². The zero-order chi connectivity index (χ0) is 19.7. The second-order valence-corrected chi connectivity index (χ2v) is 7.35. The molecular formula is C19H25FN8. The predicted octanol–water partition coefficient (Wildman–Crippen LogP) is 2.21. The van der Waals surface area contributed by atoms with Gasteiger partial charge in [-0.25, -0.2) is 29.3 Å². The van der Waals surface area contributed by atoms with Crippen molar-refractivity contribution in [2.45, 2.75) is 26.2 Å². The van der Waals surface area contributed by atoms with E-state index in [0.29, 0.717) is 23.9 Å². The van der Waals surface area contributed by atoms with E-state index in [0.717, 1.165) is 49.5 Å². The zero-order valence-electron chi connectivity index (χ0n) is 16.5. The number of hydrogen-bond acceptors (Lipinski definition) is 7. The van der Waals surface area contributed by atoms with Crippen LogP contribution >= 0.6 is 0 Å². The zero-order valence-corrected chi connectivity index (χ0v) is 16.5. The van der Waals surface area contributed by atoms with Crippen LogP contribution in [0, 0.1) is 11.7 Å². The van der Waals surface area contributed by atoms with Gasteiger partial charge in [-0.05, 0) is 25.2 Å². The van der Waals surface area contributed by atoms with Gasteiger partial charge in [0.1, 0.15) is 12.7 Å². The van der Waals surface area contributed by atoms with Gasteiger partial charge in [0.2, 0.25) is 0 Å². The van der Waals surface area contributed by atoms with E-state index in [1.165, 1.54) is 6.33 Å². The molecule has 3 aromatic heterocycles. The van der Waals surface area contributed by atoms with Crippen molar-refractivity contribution in [1.82, 2.24) is 29.5 Å². The smallest absolute Gasteiger partial charge is 0.187 e. The van der Waals surface area contributed by atoms with Gasteiger partial charge in [0.25, 0.3) is 0 Å². The molecule has 3 aromatic rings. The molecule has 0 bridgehead atoms. The van der Waals surface area contributed by atoms with Crippen molar-refractivity contribution in [3.05, 3.63) is 30.5 Å². The summed E-state index contributed by atoms with van der Waals surface area (Å²) in [5.41, 5.74) is 2.16. The SMILES string of the molecule is CCc1ncnc(N(C)CC2CCN(c3ncnc4c3ncn4C)CC2)c1F. The topological polar surface area (TPSA) is 75.9 Å². The summed E-state index contributed by atoms with van der Waals surface area (Å²) >= 11 is 0. The Kier molecular flexibility index (Phi) is 5.06. The van der Waals surface area contributed by atoms with Gasteiger partial charge in [-0.1, -0.05) is 6.92 Å².